The van der Waals surface area contributed by atoms with Crippen LogP contribution >= 0.6 is 0 Å². The molecule has 2 rings (SSSR count). The number of aryl methyl sites for hydroxylation is 1. The van der Waals surface area contributed by atoms with E-state index >= 15 is 0 Å². The SMILES string of the molecule is CCNc1ncc(C)c(Oc2ccccc2CCO)n1. The van der Waals surface area contributed by atoms with Gasteiger partial charge < -0.3 is 15.2 Å². The van der Waals surface area contributed by atoms with E-state index in [0.29, 0.717) is 24.0 Å². The summed E-state index contributed by atoms with van der Waals surface area (Å²) in [5.74, 6) is 1.79. The number of hydrogen-bond acceptors (Lipinski definition) is 5. The van der Waals surface area contributed by atoms with Crippen LogP contribution < -0.4 is 10.1 Å². The smallest absolute Gasteiger partial charge is 0.226 e. The second-order valence-electron chi connectivity index (χ2n) is 4.40. The van der Waals surface area contributed by atoms with Gasteiger partial charge in [-0.1, -0.05) is 18.2 Å². The molecule has 20 heavy (non-hydrogen) atoms. The number of hydrogen-bond donors (Lipinski definition) is 2. The topological polar surface area (TPSA) is 67.3 Å². The zero-order valence-corrected chi connectivity index (χ0v) is 11.8. The number of ether oxygens (including phenoxy) is 1. The van der Waals surface area contributed by atoms with Crippen molar-refractivity contribution < 1.29 is 9.84 Å². The molecule has 0 atom stereocenters. The summed E-state index contributed by atoms with van der Waals surface area (Å²) >= 11 is 0. The van der Waals surface area contributed by atoms with Gasteiger partial charge in [-0.25, -0.2) is 4.98 Å². The zero-order valence-electron chi connectivity index (χ0n) is 11.8. The van der Waals surface area contributed by atoms with Crippen molar-refractivity contribution in [2.24, 2.45) is 0 Å². The Bertz CT molecular complexity index is 573. The van der Waals surface area contributed by atoms with Crippen LogP contribution in [-0.2, 0) is 6.42 Å². The molecule has 0 radical (unpaired) electrons. The molecule has 5 heteroatoms. The van der Waals surface area contributed by atoms with E-state index in [-0.39, 0.29) is 6.61 Å². The molecule has 0 unspecified atom stereocenters. The zero-order chi connectivity index (χ0) is 14.4. The Balaban J connectivity index is 2.27. The Morgan fingerprint density at radius 1 is 1.30 bits per heavy atom. The van der Waals surface area contributed by atoms with Gasteiger partial charge in [-0.3, -0.25) is 0 Å². The molecule has 1 heterocycles. The summed E-state index contributed by atoms with van der Waals surface area (Å²) in [5.41, 5.74) is 1.82. The monoisotopic (exact) mass is 273 g/mol. The van der Waals surface area contributed by atoms with E-state index in [0.717, 1.165) is 17.7 Å². The van der Waals surface area contributed by atoms with Crippen LogP contribution in [-0.4, -0.2) is 28.2 Å². The number of rotatable bonds is 6. The van der Waals surface area contributed by atoms with Gasteiger partial charge in [0.05, 0.1) is 0 Å². The Morgan fingerprint density at radius 3 is 2.85 bits per heavy atom. The van der Waals surface area contributed by atoms with E-state index in [2.05, 4.69) is 15.3 Å². The maximum atomic E-state index is 9.09. The third kappa shape index (κ3) is 3.45. The number of anilines is 1. The molecule has 0 aliphatic carbocycles. The molecule has 0 saturated carbocycles. The molecule has 5 nitrogen and oxygen atoms in total. The van der Waals surface area contributed by atoms with Gasteiger partial charge >= 0.3 is 0 Å². The van der Waals surface area contributed by atoms with E-state index in [4.69, 9.17) is 9.84 Å². The van der Waals surface area contributed by atoms with Crippen molar-refractivity contribution in [1.82, 2.24) is 9.97 Å². The fourth-order valence-electron chi connectivity index (χ4n) is 1.81. The first-order valence-electron chi connectivity index (χ1n) is 6.68. The van der Waals surface area contributed by atoms with Gasteiger partial charge in [0, 0.05) is 24.9 Å². The molecule has 0 fully saturated rings. The fraction of sp³-hybridized carbons (Fsp3) is 0.333. The number of aliphatic hydroxyl groups is 1. The molecule has 0 spiro atoms. The number of nitrogens with one attached hydrogen (secondary N) is 1. The lowest BCUT2D eigenvalue weighted by Crippen LogP contribution is -2.04. The van der Waals surface area contributed by atoms with Crippen LogP contribution in [0.5, 0.6) is 11.6 Å². The van der Waals surface area contributed by atoms with Crippen LogP contribution in [0.2, 0.25) is 0 Å². The molecule has 0 aliphatic heterocycles. The minimum Gasteiger partial charge on any atom is -0.438 e. The van der Waals surface area contributed by atoms with Gasteiger partial charge in [-0.05, 0) is 31.9 Å². The molecule has 0 aliphatic rings. The lowest BCUT2D eigenvalue weighted by molar-refractivity contribution is 0.297. The number of benzene rings is 1. The number of aliphatic hydroxyl groups excluding tert-OH is 1. The summed E-state index contributed by atoms with van der Waals surface area (Å²) in [4.78, 5) is 8.54. The first-order valence-corrected chi connectivity index (χ1v) is 6.68. The van der Waals surface area contributed by atoms with Crippen LogP contribution in [0.15, 0.2) is 30.5 Å². The third-order valence-electron chi connectivity index (χ3n) is 2.82. The quantitative estimate of drug-likeness (QED) is 0.846. The summed E-state index contributed by atoms with van der Waals surface area (Å²) in [5, 5.41) is 12.1. The van der Waals surface area contributed by atoms with Crippen molar-refractivity contribution in [3.63, 3.8) is 0 Å². The standard InChI is InChI=1S/C15H19N3O2/c1-3-16-15-17-10-11(2)14(18-15)20-13-7-5-4-6-12(13)8-9-19/h4-7,10,19H,3,8-9H2,1-2H3,(H,16,17,18). The Labute approximate surface area is 118 Å². The summed E-state index contributed by atoms with van der Waals surface area (Å²) in [7, 11) is 0. The lowest BCUT2D eigenvalue weighted by Gasteiger charge is -2.12. The predicted molar refractivity (Wildman–Crippen MR) is 78.2 cm³/mol. The van der Waals surface area contributed by atoms with Crippen molar-refractivity contribution >= 4 is 5.95 Å². The second kappa shape index (κ2) is 6.86. The van der Waals surface area contributed by atoms with E-state index in [9.17, 15) is 0 Å². The Hall–Kier alpha value is -2.14. The highest BCUT2D eigenvalue weighted by molar-refractivity contribution is 5.39. The Kier molecular flexibility index (Phi) is 4.90. The van der Waals surface area contributed by atoms with Crippen molar-refractivity contribution in [2.45, 2.75) is 20.3 Å². The predicted octanol–water partition coefficient (Wildman–Crippen LogP) is 2.54. The summed E-state index contributed by atoms with van der Waals surface area (Å²) in [6.45, 7) is 4.73. The first-order chi connectivity index (χ1) is 9.74. The van der Waals surface area contributed by atoms with Crippen molar-refractivity contribution in [3.05, 3.63) is 41.6 Å². The molecule has 0 saturated heterocycles. The maximum Gasteiger partial charge on any atom is 0.226 e. The van der Waals surface area contributed by atoms with Crippen molar-refractivity contribution in [2.75, 3.05) is 18.5 Å². The van der Waals surface area contributed by atoms with Gasteiger partial charge in [0.1, 0.15) is 5.75 Å². The minimum atomic E-state index is 0.0891. The van der Waals surface area contributed by atoms with Crippen LogP contribution in [0.25, 0.3) is 0 Å². The number of para-hydroxylation sites is 1. The lowest BCUT2D eigenvalue weighted by atomic mass is 10.1. The molecular formula is C15H19N3O2. The molecule has 2 N–H and O–H groups in total. The second-order valence-corrected chi connectivity index (χ2v) is 4.40. The van der Waals surface area contributed by atoms with Crippen LogP contribution in [0.1, 0.15) is 18.1 Å². The molecule has 1 aromatic carbocycles. The average Bonchev–Trinajstić information content (AvgIpc) is 2.45. The first kappa shape index (κ1) is 14.3. The molecule has 1 aromatic heterocycles. The van der Waals surface area contributed by atoms with E-state index in [1.54, 1.807) is 6.20 Å². The average molecular weight is 273 g/mol. The van der Waals surface area contributed by atoms with Gasteiger partial charge in [0.2, 0.25) is 11.8 Å². The van der Waals surface area contributed by atoms with E-state index in [1.807, 2.05) is 38.1 Å². The molecule has 2 aromatic rings. The van der Waals surface area contributed by atoms with Gasteiger partial charge in [-0.15, -0.1) is 0 Å². The molecule has 0 amide bonds. The van der Waals surface area contributed by atoms with Gasteiger partial charge in [0.25, 0.3) is 0 Å². The summed E-state index contributed by atoms with van der Waals surface area (Å²) in [6, 6.07) is 7.64. The largest absolute Gasteiger partial charge is 0.438 e. The van der Waals surface area contributed by atoms with Crippen LogP contribution in [0.4, 0.5) is 5.95 Å². The summed E-state index contributed by atoms with van der Waals surface area (Å²) < 4.78 is 5.88. The van der Waals surface area contributed by atoms with Crippen LogP contribution in [0, 0.1) is 6.92 Å². The Morgan fingerprint density at radius 2 is 2.10 bits per heavy atom. The van der Waals surface area contributed by atoms with E-state index < -0.39 is 0 Å². The highest BCUT2D eigenvalue weighted by Crippen LogP contribution is 2.26. The van der Waals surface area contributed by atoms with Gasteiger partial charge in [0.15, 0.2) is 0 Å². The fourth-order valence-corrected chi connectivity index (χ4v) is 1.81. The molecular weight excluding hydrogens is 254 g/mol. The summed E-state index contributed by atoms with van der Waals surface area (Å²) in [6.07, 6.45) is 2.29. The number of aromatic nitrogens is 2. The highest BCUT2D eigenvalue weighted by Gasteiger charge is 2.09. The van der Waals surface area contributed by atoms with Crippen molar-refractivity contribution in [3.8, 4) is 11.6 Å². The molecule has 0 bridgehead atoms. The van der Waals surface area contributed by atoms with E-state index in [1.165, 1.54) is 0 Å². The number of nitrogens with zero attached hydrogens (tertiary/aromatic N) is 2. The normalized spacial score (nSPS) is 10.3. The highest BCUT2D eigenvalue weighted by atomic mass is 16.5. The third-order valence-corrected chi connectivity index (χ3v) is 2.82. The maximum absolute atomic E-state index is 9.09. The van der Waals surface area contributed by atoms with Crippen LogP contribution in [0.3, 0.4) is 0 Å². The van der Waals surface area contributed by atoms with Gasteiger partial charge in [-0.2, -0.15) is 4.98 Å². The van der Waals surface area contributed by atoms with Crippen molar-refractivity contribution in [1.29, 1.82) is 0 Å². The molecule has 106 valence electrons. The minimum absolute atomic E-state index is 0.0891.